The summed E-state index contributed by atoms with van der Waals surface area (Å²) in [5.74, 6) is 1.00. The SMILES string of the molecule is CCCCN(C)CCN=C(NCC)N1CCC(O)CC1.I. The van der Waals surface area contributed by atoms with Crippen LogP contribution in [0.25, 0.3) is 0 Å². The molecular formula is C15H33IN4O. The average molecular weight is 412 g/mol. The number of aliphatic hydroxyl groups excluding tert-OH is 1. The molecule has 1 saturated heterocycles. The Balaban J connectivity index is 0.00000400. The molecule has 1 heterocycles. The lowest BCUT2D eigenvalue weighted by atomic mass is 10.1. The number of aliphatic imine (C=N–C) groups is 1. The summed E-state index contributed by atoms with van der Waals surface area (Å²) >= 11 is 0. The molecule has 1 rings (SSSR count). The summed E-state index contributed by atoms with van der Waals surface area (Å²) in [7, 11) is 2.16. The minimum Gasteiger partial charge on any atom is -0.393 e. The van der Waals surface area contributed by atoms with Crippen molar-refractivity contribution in [3.05, 3.63) is 0 Å². The molecule has 0 aromatic heterocycles. The molecule has 0 radical (unpaired) electrons. The molecular weight excluding hydrogens is 379 g/mol. The number of piperidine rings is 1. The lowest BCUT2D eigenvalue weighted by Crippen LogP contribution is -2.46. The predicted molar refractivity (Wildman–Crippen MR) is 101 cm³/mol. The molecule has 5 nitrogen and oxygen atoms in total. The van der Waals surface area contributed by atoms with Crippen LogP contribution in [0.15, 0.2) is 4.99 Å². The highest BCUT2D eigenvalue weighted by molar-refractivity contribution is 14.0. The predicted octanol–water partition coefficient (Wildman–Crippen LogP) is 1.76. The number of aliphatic hydroxyl groups is 1. The molecule has 0 aromatic carbocycles. The van der Waals surface area contributed by atoms with Crippen molar-refractivity contribution in [3.8, 4) is 0 Å². The Hall–Kier alpha value is -0.0800. The number of rotatable bonds is 7. The molecule has 0 aromatic rings. The van der Waals surface area contributed by atoms with Crippen LogP contribution in [-0.2, 0) is 0 Å². The van der Waals surface area contributed by atoms with Gasteiger partial charge in [-0.05, 0) is 39.8 Å². The second-order valence-corrected chi connectivity index (χ2v) is 5.61. The Morgan fingerprint density at radius 2 is 1.95 bits per heavy atom. The van der Waals surface area contributed by atoms with Gasteiger partial charge < -0.3 is 20.2 Å². The number of nitrogens with zero attached hydrogens (tertiary/aromatic N) is 3. The van der Waals surface area contributed by atoms with Crippen LogP contribution in [0.4, 0.5) is 0 Å². The van der Waals surface area contributed by atoms with E-state index in [9.17, 15) is 5.11 Å². The van der Waals surface area contributed by atoms with Gasteiger partial charge in [-0.25, -0.2) is 0 Å². The first-order valence-electron chi connectivity index (χ1n) is 8.07. The van der Waals surface area contributed by atoms with E-state index < -0.39 is 0 Å². The Labute approximate surface area is 147 Å². The summed E-state index contributed by atoms with van der Waals surface area (Å²) in [5.41, 5.74) is 0. The topological polar surface area (TPSA) is 51.1 Å². The highest BCUT2D eigenvalue weighted by atomic mass is 127. The third kappa shape index (κ3) is 8.83. The largest absolute Gasteiger partial charge is 0.393 e. The fourth-order valence-electron chi connectivity index (χ4n) is 2.37. The molecule has 0 aliphatic carbocycles. The van der Waals surface area contributed by atoms with Gasteiger partial charge in [0.05, 0.1) is 12.6 Å². The van der Waals surface area contributed by atoms with Crippen LogP contribution in [0.2, 0.25) is 0 Å². The number of likely N-dealkylation sites (tertiary alicyclic amines) is 1. The van der Waals surface area contributed by atoms with E-state index in [1.54, 1.807) is 0 Å². The zero-order valence-corrected chi connectivity index (χ0v) is 16.2. The quantitative estimate of drug-likeness (QED) is 0.380. The van der Waals surface area contributed by atoms with Gasteiger partial charge in [0.15, 0.2) is 5.96 Å². The first-order chi connectivity index (χ1) is 9.67. The Morgan fingerprint density at radius 3 is 2.52 bits per heavy atom. The molecule has 0 saturated carbocycles. The molecule has 1 aliphatic heterocycles. The van der Waals surface area contributed by atoms with Crippen LogP contribution >= 0.6 is 24.0 Å². The smallest absolute Gasteiger partial charge is 0.193 e. The highest BCUT2D eigenvalue weighted by Crippen LogP contribution is 2.09. The van der Waals surface area contributed by atoms with Gasteiger partial charge in [0.1, 0.15) is 0 Å². The maximum absolute atomic E-state index is 9.58. The summed E-state index contributed by atoms with van der Waals surface area (Å²) in [5, 5.41) is 12.9. The van der Waals surface area contributed by atoms with Gasteiger partial charge in [-0.15, -0.1) is 24.0 Å². The fraction of sp³-hybridized carbons (Fsp3) is 0.933. The van der Waals surface area contributed by atoms with E-state index in [4.69, 9.17) is 4.99 Å². The monoisotopic (exact) mass is 412 g/mol. The average Bonchev–Trinajstić information content (AvgIpc) is 2.45. The lowest BCUT2D eigenvalue weighted by molar-refractivity contribution is 0.108. The summed E-state index contributed by atoms with van der Waals surface area (Å²) in [6.45, 7) is 10.0. The van der Waals surface area contributed by atoms with E-state index in [2.05, 4.69) is 36.0 Å². The van der Waals surface area contributed by atoms with Gasteiger partial charge in [-0.1, -0.05) is 13.3 Å². The first kappa shape index (κ1) is 20.9. The minimum atomic E-state index is -0.130. The van der Waals surface area contributed by atoms with E-state index in [-0.39, 0.29) is 30.1 Å². The maximum Gasteiger partial charge on any atom is 0.193 e. The van der Waals surface area contributed by atoms with E-state index in [0.717, 1.165) is 58.1 Å². The van der Waals surface area contributed by atoms with Gasteiger partial charge in [0, 0.05) is 26.2 Å². The van der Waals surface area contributed by atoms with Crippen LogP contribution in [0.1, 0.15) is 39.5 Å². The zero-order valence-electron chi connectivity index (χ0n) is 13.8. The van der Waals surface area contributed by atoms with Crippen molar-refractivity contribution in [2.45, 2.75) is 45.6 Å². The molecule has 1 fully saturated rings. The van der Waals surface area contributed by atoms with Crippen molar-refractivity contribution in [2.75, 3.05) is 46.3 Å². The van der Waals surface area contributed by atoms with Crippen molar-refractivity contribution >= 4 is 29.9 Å². The molecule has 6 heteroatoms. The number of halogens is 1. The van der Waals surface area contributed by atoms with Crippen molar-refractivity contribution in [1.82, 2.24) is 15.1 Å². The minimum absolute atomic E-state index is 0. The number of hydrogen-bond acceptors (Lipinski definition) is 3. The molecule has 126 valence electrons. The summed E-state index contributed by atoms with van der Waals surface area (Å²) in [6, 6.07) is 0. The van der Waals surface area contributed by atoms with Gasteiger partial charge in [-0.2, -0.15) is 0 Å². The standard InChI is InChI=1S/C15H32N4O.HI/c1-4-6-10-18(3)13-9-17-15(16-5-2)19-11-7-14(20)8-12-19;/h14,20H,4-13H2,1-3H3,(H,16,17);1H. The number of hydrogen-bond donors (Lipinski definition) is 2. The van der Waals surface area contributed by atoms with Crippen LogP contribution in [0, 0.1) is 0 Å². The van der Waals surface area contributed by atoms with E-state index in [0.29, 0.717) is 0 Å². The summed E-state index contributed by atoms with van der Waals surface area (Å²) in [4.78, 5) is 9.33. The lowest BCUT2D eigenvalue weighted by Gasteiger charge is -2.32. The first-order valence-corrected chi connectivity index (χ1v) is 8.07. The third-order valence-corrected chi connectivity index (χ3v) is 3.74. The molecule has 2 N–H and O–H groups in total. The van der Waals surface area contributed by atoms with Crippen molar-refractivity contribution in [2.24, 2.45) is 4.99 Å². The molecule has 1 aliphatic rings. The van der Waals surface area contributed by atoms with Gasteiger partial charge >= 0.3 is 0 Å². The second-order valence-electron chi connectivity index (χ2n) is 5.61. The van der Waals surface area contributed by atoms with Crippen LogP contribution in [0.5, 0.6) is 0 Å². The van der Waals surface area contributed by atoms with E-state index in [1.165, 1.54) is 12.8 Å². The molecule has 0 atom stereocenters. The number of guanidine groups is 1. The molecule has 0 amide bonds. The summed E-state index contributed by atoms with van der Waals surface area (Å²) in [6.07, 6.45) is 4.06. The Kier molecular flexibility index (Phi) is 12.4. The van der Waals surface area contributed by atoms with Gasteiger partial charge in [0.2, 0.25) is 0 Å². The number of unbranched alkanes of at least 4 members (excludes halogenated alkanes) is 1. The fourth-order valence-corrected chi connectivity index (χ4v) is 2.37. The van der Waals surface area contributed by atoms with Crippen molar-refractivity contribution in [1.29, 1.82) is 0 Å². The molecule has 21 heavy (non-hydrogen) atoms. The maximum atomic E-state index is 9.58. The number of likely N-dealkylation sites (N-methyl/N-ethyl adjacent to an activating group) is 1. The zero-order chi connectivity index (χ0) is 14.8. The molecule has 0 spiro atoms. The van der Waals surface area contributed by atoms with Crippen LogP contribution < -0.4 is 5.32 Å². The van der Waals surface area contributed by atoms with Crippen LogP contribution in [-0.4, -0.2) is 73.3 Å². The van der Waals surface area contributed by atoms with Crippen LogP contribution in [0.3, 0.4) is 0 Å². The van der Waals surface area contributed by atoms with Crippen molar-refractivity contribution < 1.29 is 5.11 Å². The molecule has 0 bridgehead atoms. The third-order valence-electron chi connectivity index (χ3n) is 3.74. The highest BCUT2D eigenvalue weighted by Gasteiger charge is 2.19. The second kappa shape index (κ2) is 12.5. The normalized spacial score (nSPS) is 17.0. The van der Waals surface area contributed by atoms with Gasteiger partial charge in [-0.3, -0.25) is 4.99 Å². The van der Waals surface area contributed by atoms with E-state index >= 15 is 0 Å². The number of nitrogens with one attached hydrogen (secondary N) is 1. The molecule has 0 unspecified atom stereocenters. The summed E-state index contributed by atoms with van der Waals surface area (Å²) < 4.78 is 0. The van der Waals surface area contributed by atoms with Crippen molar-refractivity contribution in [3.63, 3.8) is 0 Å². The van der Waals surface area contributed by atoms with Gasteiger partial charge in [0.25, 0.3) is 0 Å². The Morgan fingerprint density at radius 1 is 1.29 bits per heavy atom. The Bertz CT molecular complexity index is 281. The van der Waals surface area contributed by atoms with E-state index in [1.807, 2.05) is 0 Å².